The zero-order valence-corrected chi connectivity index (χ0v) is 7.46. The van der Waals surface area contributed by atoms with Gasteiger partial charge >= 0.3 is 0 Å². The number of hydrogen-bond donors (Lipinski definition) is 1. The van der Waals surface area contributed by atoms with Gasteiger partial charge in [0.15, 0.2) is 0 Å². The molecule has 1 N–H and O–H groups in total. The molecule has 0 aliphatic rings. The van der Waals surface area contributed by atoms with Crippen LogP contribution in [0.5, 0.6) is 0 Å². The lowest BCUT2D eigenvalue weighted by molar-refractivity contribution is 1.43. The van der Waals surface area contributed by atoms with E-state index in [4.69, 9.17) is 5.41 Å². The van der Waals surface area contributed by atoms with Crippen LogP contribution in [-0.2, 0) is 0 Å². The Morgan fingerprint density at radius 3 is 2.58 bits per heavy atom. The second-order valence-corrected chi connectivity index (χ2v) is 2.89. The third-order valence-electron chi connectivity index (χ3n) is 1.80. The first-order valence-electron chi connectivity index (χ1n) is 3.98. The molecule has 0 aromatic heterocycles. The van der Waals surface area contributed by atoms with Gasteiger partial charge < -0.3 is 5.41 Å². The first kappa shape index (κ1) is 8.72. The van der Waals surface area contributed by atoms with Gasteiger partial charge in [0.1, 0.15) is 0 Å². The Balaban J connectivity index is 3.04. The quantitative estimate of drug-likeness (QED) is 0.641. The van der Waals surface area contributed by atoms with Gasteiger partial charge in [0, 0.05) is 6.21 Å². The second-order valence-electron chi connectivity index (χ2n) is 2.89. The van der Waals surface area contributed by atoms with E-state index in [1.807, 2.05) is 25.1 Å². The molecule has 1 aromatic carbocycles. The van der Waals surface area contributed by atoms with Gasteiger partial charge in [-0.3, -0.25) is 0 Å². The van der Waals surface area contributed by atoms with Crippen molar-refractivity contribution in [1.82, 2.24) is 0 Å². The van der Waals surface area contributed by atoms with Crippen molar-refractivity contribution in [3.8, 4) is 0 Å². The van der Waals surface area contributed by atoms with Crippen LogP contribution in [0.2, 0.25) is 0 Å². The molecule has 12 heavy (non-hydrogen) atoms. The van der Waals surface area contributed by atoms with Gasteiger partial charge in [-0.2, -0.15) is 0 Å². The van der Waals surface area contributed by atoms with Crippen molar-refractivity contribution in [2.45, 2.75) is 13.8 Å². The zero-order chi connectivity index (χ0) is 8.97. The van der Waals surface area contributed by atoms with Gasteiger partial charge in [-0.15, -0.1) is 0 Å². The largest absolute Gasteiger partial charge is 0.308 e. The van der Waals surface area contributed by atoms with Crippen molar-refractivity contribution >= 4 is 12.3 Å². The normalized spacial score (nSPS) is 11.3. The Morgan fingerprint density at radius 2 is 2.00 bits per heavy atom. The van der Waals surface area contributed by atoms with E-state index in [-0.39, 0.29) is 0 Å². The molecule has 1 aromatic rings. The highest BCUT2D eigenvalue weighted by molar-refractivity contribution is 5.82. The van der Waals surface area contributed by atoms with Crippen molar-refractivity contribution in [3.63, 3.8) is 0 Å². The smallest absolute Gasteiger partial charge is 0.0207 e. The van der Waals surface area contributed by atoms with Crippen molar-refractivity contribution in [3.05, 3.63) is 41.0 Å². The Bertz CT molecular complexity index is 311. The van der Waals surface area contributed by atoms with Crippen LogP contribution in [0.25, 0.3) is 6.08 Å². The van der Waals surface area contributed by atoms with Gasteiger partial charge in [-0.05, 0) is 30.5 Å². The molecule has 0 radical (unpaired) electrons. The molecule has 0 bridgehead atoms. The zero-order valence-electron chi connectivity index (χ0n) is 7.46. The van der Waals surface area contributed by atoms with Gasteiger partial charge in [0.05, 0.1) is 0 Å². The minimum Gasteiger partial charge on any atom is -0.308 e. The van der Waals surface area contributed by atoms with Crippen LogP contribution in [-0.4, -0.2) is 6.21 Å². The fraction of sp³-hybridized carbons (Fsp3) is 0.182. The Labute approximate surface area is 73.3 Å². The number of benzene rings is 1. The highest BCUT2D eigenvalue weighted by Crippen LogP contribution is 2.10. The van der Waals surface area contributed by atoms with E-state index in [0.29, 0.717) is 0 Å². The fourth-order valence-electron chi connectivity index (χ4n) is 1.04. The standard InChI is InChI=1S/C11H13N/c1-9(8-12)7-11-6-4-3-5-10(11)2/h3-8,12H,1-2H3/b9-7-,12-8?. The Kier molecular flexibility index (Phi) is 2.81. The molecule has 0 amide bonds. The van der Waals surface area contributed by atoms with Crippen molar-refractivity contribution < 1.29 is 0 Å². The van der Waals surface area contributed by atoms with E-state index in [0.717, 1.165) is 5.57 Å². The SMILES string of the molecule is C/C(C=N)=C/c1ccccc1C. The number of aryl methyl sites for hydroxylation is 1. The molecule has 0 saturated carbocycles. The summed E-state index contributed by atoms with van der Waals surface area (Å²) in [6.45, 7) is 4.00. The highest BCUT2D eigenvalue weighted by atomic mass is 14.3. The molecule has 0 aliphatic carbocycles. The minimum atomic E-state index is 0.976. The van der Waals surface area contributed by atoms with Gasteiger partial charge in [-0.25, -0.2) is 0 Å². The molecule has 62 valence electrons. The van der Waals surface area contributed by atoms with Crippen molar-refractivity contribution in [2.75, 3.05) is 0 Å². The maximum atomic E-state index is 7.04. The molecule has 0 fully saturated rings. The van der Waals surface area contributed by atoms with E-state index in [1.165, 1.54) is 17.3 Å². The number of hydrogen-bond acceptors (Lipinski definition) is 1. The third kappa shape index (κ3) is 2.06. The van der Waals surface area contributed by atoms with Crippen LogP contribution in [0.1, 0.15) is 18.1 Å². The van der Waals surface area contributed by atoms with E-state index >= 15 is 0 Å². The lowest BCUT2D eigenvalue weighted by atomic mass is 10.1. The maximum absolute atomic E-state index is 7.04. The number of allylic oxidation sites excluding steroid dienone is 1. The average molecular weight is 159 g/mol. The molecule has 0 spiro atoms. The Morgan fingerprint density at radius 1 is 1.33 bits per heavy atom. The summed E-state index contributed by atoms with van der Waals surface area (Å²) in [6, 6.07) is 8.16. The second kappa shape index (κ2) is 3.86. The molecular formula is C11H13N. The van der Waals surface area contributed by atoms with Crippen LogP contribution >= 0.6 is 0 Å². The van der Waals surface area contributed by atoms with E-state index < -0.39 is 0 Å². The summed E-state index contributed by atoms with van der Waals surface area (Å²) >= 11 is 0. The summed E-state index contributed by atoms with van der Waals surface area (Å²) in [5, 5.41) is 7.04. The summed E-state index contributed by atoms with van der Waals surface area (Å²) in [6.07, 6.45) is 3.38. The van der Waals surface area contributed by atoms with Crippen LogP contribution in [0.15, 0.2) is 29.8 Å². The lowest BCUT2D eigenvalue weighted by Gasteiger charge is -1.98. The Hall–Kier alpha value is -1.37. The molecule has 0 unspecified atom stereocenters. The van der Waals surface area contributed by atoms with E-state index in [9.17, 15) is 0 Å². The molecule has 1 nitrogen and oxygen atoms in total. The van der Waals surface area contributed by atoms with E-state index in [1.54, 1.807) is 0 Å². The maximum Gasteiger partial charge on any atom is 0.0207 e. The molecule has 0 saturated heterocycles. The van der Waals surface area contributed by atoms with Crippen LogP contribution in [0.4, 0.5) is 0 Å². The van der Waals surface area contributed by atoms with Gasteiger partial charge in [0.2, 0.25) is 0 Å². The van der Waals surface area contributed by atoms with Crippen LogP contribution in [0.3, 0.4) is 0 Å². The summed E-state index contributed by atoms with van der Waals surface area (Å²) in [5.41, 5.74) is 3.42. The first-order valence-corrected chi connectivity index (χ1v) is 3.98. The average Bonchev–Trinajstić information content (AvgIpc) is 2.09. The predicted octanol–water partition coefficient (Wildman–Crippen LogP) is 3.05. The van der Waals surface area contributed by atoms with Gasteiger partial charge in [-0.1, -0.05) is 30.3 Å². The van der Waals surface area contributed by atoms with Crippen LogP contribution < -0.4 is 0 Å². The third-order valence-corrected chi connectivity index (χ3v) is 1.80. The molecule has 0 heterocycles. The monoisotopic (exact) mass is 159 g/mol. The van der Waals surface area contributed by atoms with Gasteiger partial charge in [0.25, 0.3) is 0 Å². The minimum absolute atomic E-state index is 0.976. The molecule has 0 atom stereocenters. The fourth-order valence-corrected chi connectivity index (χ4v) is 1.04. The van der Waals surface area contributed by atoms with Crippen molar-refractivity contribution in [2.24, 2.45) is 0 Å². The lowest BCUT2D eigenvalue weighted by Crippen LogP contribution is -1.81. The highest BCUT2D eigenvalue weighted by Gasteiger charge is 1.91. The summed E-state index contributed by atoms with van der Waals surface area (Å²) in [7, 11) is 0. The number of nitrogens with one attached hydrogen (secondary N) is 1. The predicted molar refractivity (Wildman–Crippen MR) is 53.6 cm³/mol. The first-order chi connectivity index (χ1) is 5.74. The number of rotatable bonds is 2. The van der Waals surface area contributed by atoms with E-state index in [2.05, 4.69) is 19.1 Å². The van der Waals surface area contributed by atoms with Crippen molar-refractivity contribution in [1.29, 1.82) is 5.41 Å². The van der Waals surface area contributed by atoms with Crippen LogP contribution in [0, 0.1) is 12.3 Å². The molecule has 1 rings (SSSR count). The molecule has 1 heteroatoms. The molecular weight excluding hydrogens is 146 g/mol. The molecule has 0 aliphatic heterocycles. The summed E-state index contributed by atoms with van der Waals surface area (Å²) in [5.74, 6) is 0. The summed E-state index contributed by atoms with van der Waals surface area (Å²) < 4.78 is 0. The topological polar surface area (TPSA) is 23.9 Å². The summed E-state index contributed by atoms with van der Waals surface area (Å²) in [4.78, 5) is 0.